The molecule has 7 nitrogen and oxygen atoms in total. The number of benzene rings is 2. The van der Waals surface area contributed by atoms with Gasteiger partial charge < -0.3 is 30.1 Å². The molecule has 9 rings (SSSR count). The van der Waals surface area contributed by atoms with Crippen molar-refractivity contribution in [1.82, 2.24) is 5.32 Å². The van der Waals surface area contributed by atoms with Crippen molar-refractivity contribution in [2.24, 2.45) is 40.4 Å². The molecule has 7 aliphatic rings. The summed E-state index contributed by atoms with van der Waals surface area (Å²) in [5, 5.41) is 40.3. The Balaban J connectivity index is 1.20. The predicted molar refractivity (Wildman–Crippen MR) is 212 cm³/mol. The van der Waals surface area contributed by atoms with Crippen LogP contribution in [-0.4, -0.2) is 45.0 Å². The molecule has 10 atom stereocenters. The van der Waals surface area contributed by atoms with Gasteiger partial charge in [0.2, 0.25) is 5.78 Å². The Bertz CT molecular complexity index is 2150. The zero-order valence-electron chi connectivity index (χ0n) is 33.8. The van der Waals surface area contributed by atoms with E-state index in [1.165, 1.54) is 17.6 Å². The van der Waals surface area contributed by atoms with Crippen LogP contribution >= 0.6 is 0 Å². The summed E-state index contributed by atoms with van der Waals surface area (Å²) in [6.45, 7) is 22.1. The summed E-state index contributed by atoms with van der Waals surface area (Å²) in [6.07, 6.45) is 13.5. The Kier molecular flexibility index (Phi) is 7.61. The molecule has 2 aromatic rings. The van der Waals surface area contributed by atoms with Crippen LogP contribution in [0.4, 0.5) is 0 Å². The molecule has 2 fully saturated rings. The fourth-order valence-corrected chi connectivity index (χ4v) is 12.3. The summed E-state index contributed by atoms with van der Waals surface area (Å²) >= 11 is 0. The number of aryl methyl sites for hydroxylation is 1. The molecule has 2 heterocycles. The van der Waals surface area contributed by atoms with Gasteiger partial charge in [0.25, 0.3) is 0 Å². The second-order valence-electron chi connectivity index (χ2n) is 19.7. The molecule has 0 amide bonds. The molecule has 7 heteroatoms. The maximum Gasteiger partial charge on any atom is 0.217 e. The lowest BCUT2D eigenvalue weighted by atomic mass is 9.47. The molecule has 4 N–H and O–H groups in total. The molecule has 54 heavy (non-hydrogen) atoms. The van der Waals surface area contributed by atoms with Crippen molar-refractivity contribution in [2.45, 2.75) is 137 Å². The lowest BCUT2D eigenvalue weighted by molar-refractivity contribution is -0.0691. The van der Waals surface area contributed by atoms with E-state index in [2.05, 4.69) is 71.2 Å². The van der Waals surface area contributed by atoms with Gasteiger partial charge in [-0.25, -0.2) is 0 Å². The van der Waals surface area contributed by atoms with E-state index in [1.54, 1.807) is 6.07 Å². The number of phenolic OH excluding ortho intramolecular Hbond substituents is 2. The van der Waals surface area contributed by atoms with Gasteiger partial charge in [-0.1, -0.05) is 73.6 Å². The van der Waals surface area contributed by atoms with Crippen LogP contribution in [-0.2, 0) is 10.2 Å². The van der Waals surface area contributed by atoms with E-state index in [4.69, 9.17) is 9.47 Å². The largest absolute Gasteiger partial charge is 0.507 e. The highest BCUT2D eigenvalue weighted by molar-refractivity contribution is 6.27. The van der Waals surface area contributed by atoms with Crippen LogP contribution in [0.3, 0.4) is 0 Å². The van der Waals surface area contributed by atoms with Crippen molar-refractivity contribution in [2.75, 3.05) is 0 Å². The van der Waals surface area contributed by atoms with Crippen LogP contribution in [0.5, 0.6) is 17.2 Å². The zero-order valence-corrected chi connectivity index (χ0v) is 33.8. The van der Waals surface area contributed by atoms with Gasteiger partial charge in [-0.3, -0.25) is 4.79 Å². The lowest BCUT2D eigenvalue weighted by Crippen LogP contribution is -2.72. The first-order valence-electron chi connectivity index (χ1n) is 20.6. The molecule has 288 valence electrons. The van der Waals surface area contributed by atoms with E-state index in [0.29, 0.717) is 70.5 Å². The van der Waals surface area contributed by atoms with Gasteiger partial charge in [0.15, 0.2) is 5.76 Å². The zero-order chi connectivity index (χ0) is 38.6. The number of ketones is 1. The molecule has 5 aliphatic carbocycles. The number of carbonyl (C=O) groups is 1. The third kappa shape index (κ3) is 4.37. The molecule has 0 bridgehead atoms. The summed E-state index contributed by atoms with van der Waals surface area (Å²) < 4.78 is 13.7. The van der Waals surface area contributed by atoms with Crippen LogP contribution in [0.1, 0.15) is 128 Å². The highest BCUT2D eigenvalue weighted by atomic mass is 16.5. The molecule has 2 aliphatic heterocycles. The van der Waals surface area contributed by atoms with Crippen molar-refractivity contribution in [3.05, 3.63) is 69.5 Å². The maximum atomic E-state index is 15.0. The van der Waals surface area contributed by atoms with Gasteiger partial charge in [0, 0.05) is 33.6 Å². The van der Waals surface area contributed by atoms with E-state index < -0.39 is 28.6 Å². The monoisotopic (exact) mass is 733 g/mol. The topological polar surface area (TPSA) is 108 Å². The number of aliphatic hydroxyl groups excluding tert-OH is 1. The third-order valence-corrected chi connectivity index (χ3v) is 16.3. The van der Waals surface area contributed by atoms with Crippen LogP contribution in [0, 0.1) is 47.3 Å². The minimum absolute atomic E-state index is 0.00292. The number of aliphatic hydroxyl groups is 1. The number of aromatic hydroxyl groups is 2. The number of fused-ring (bicyclic) bond motifs is 7. The van der Waals surface area contributed by atoms with Crippen LogP contribution in [0.2, 0.25) is 0 Å². The number of phenols is 2. The highest BCUT2D eigenvalue weighted by Gasteiger charge is 2.66. The summed E-state index contributed by atoms with van der Waals surface area (Å²) in [6, 6.07) is 1.73. The number of nitrogens with one attached hydrogen (secondary N) is 1. The molecule has 0 radical (unpaired) electrons. The number of ether oxygens (including phenoxy) is 2. The number of Topliss-reactive ketones (excluding diaryl/α,β-unsaturated/α-hetero) is 1. The van der Waals surface area contributed by atoms with Gasteiger partial charge in [-0.2, -0.15) is 0 Å². The molecule has 0 unspecified atom stereocenters. The summed E-state index contributed by atoms with van der Waals surface area (Å²) in [7, 11) is 0. The Morgan fingerprint density at radius 3 is 2.44 bits per heavy atom. The van der Waals surface area contributed by atoms with Gasteiger partial charge in [0.05, 0.1) is 22.8 Å². The number of allylic oxidation sites excluding steroid dienone is 5. The SMILES string of the molecule is Cc1cc(O)c2c3c(c(O)c4c(c13)O[C@@H](C)C4(C)C)C(=O)C1=C2O[C@H]2C=C3C(=CC[C@]4(C)[C@@H]([C@H](C)C=C[C@H](C)C(C)C)CC[C@@H]34)[C@@]3(C)CC[C@H](O)C[C@]23N1. The van der Waals surface area contributed by atoms with Gasteiger partial charge in [0.1, 0.15) is 35.2 Å². The Morgan fingerprint density at radius 2 is 1.72 bits per heavy atom. The molecular weight excluding hydrogens is 675 g/mol. The summed E-state index contributed by atoms with van der Waals surface area (Å²) in [4.78, 5) is 15.0. The second kappa shape index (κ2) is 11.4. The molecule has 0 aromatic heterocycles. The fourth-order valence-electron chi connectivity index (χ4n) is 12.3. The molecule has 1 spiro atoms. The average molecular weight is 734 g/mol. The normalized spacial score (nSPS) is 36.9. The number of carbonyl (C=O) groups excluding carboxylic acids is 1. The lowest BCUT2D eigenvalue weighted by Gasteiger charge is -2.63. The number of hydrogen-bond acceptors (Lipinski definition) is 7. The van der Waals surface area contributed by atoms with E-state index in [-0.39, 0.29) is 40.1 Å². The second-order valence-corrected chi connectivity index (χ2v) is 19.7. The highest BCUT2D eigenvalue weighted by Crippen LogP contribution is 2.68. The van der Waals surface area contributed by atoms with Crippen LogP contribution in [0.15, 0.2) is 47.2 Å². The molecular formula is C47H59NO6. The summed E-state index contributed by atoms with van der Waals surface area (Å²) in [5.74, 6) is 2.97. The van der Waals surface area contributed by atoms with Crippen molar-refractivity contribution < 1.29 is 29.6 Å². The summed E-state index contributed by atoms with van der Waals surface area (Å²) in [5.41, 5.74) is 3.21. The third-order valence-electron chi connectivity index (χ3n) is 16.3. The van der Waals surface area contributed by atoms with Crippen molar-refractivity contribution in [1.29, 1.82) is 0 Å². The first-order chi connectivity index (χ1) is 25.4. The van der Waals surface area contributed by atoms with Crippen molar-refractivity contribution in [3.63, 3.8) is 0 Å². The average Bonchev–Trinajstić information content (AvgIpc) is 3.57. The van der Waals surface area contributed by atoms with Crippen LogP contribution in [0.25, 0.3) is 16.5 Å². The quantitative estimate of drug-likeness (QED) is 0.232. The Labute approximate surface area is 320 Å². The van der Waals surface area contributed by atoms with Gasteiger partial charge >= 0.3 is 0 Å². The minimum Gasteiger partial charge on any atom is -0.507 e. The molecule has 0 saturated heterocycles. The predicted octanol–water partition coefficient (Wildman–Crippen LogP) is 9.55. The van der Waals surface area contributed by atoms with Gasteiger partial charge in [-0.15, -0.1) is 0 Å². The van der Waals surface area contributed by atoms with E-state index in [1.807, 2.05) is 27.7 Å². The van der Waals surface area contributed by atoms with Crippen LogP contribution < -0.4 is 10.1 Å². The fraction of sp³-hybridized carbons (Fsp3) is 0.596. The minimum atomic E-state index is -0.816. The molecule has 2 saturated carbocycles. The van der Waals surface area contributed by atoms with Gasteiger partial charge in [-0.05, 0) is 110 Å². The standard InChI is InChI=1S/C47H59NO6/c1-22(2)23(3)11-12-24(4)29-13-14-30-28-20-33-47(21-27(49)15-18-46(47,10)31(28)16-17-45(29,30)9)48-39-41(52)37-36-34(25(5)19-32(50)35(36)43(39)54-33)42-38(40(37)51)44(7,8)26(6)53-42/h11-12,16,19-20,22-24,26-27,29-30,33,48-51H,13-15,17-18,21H2,1-10H3/t23-,24+,26-,27-,29+,30-,33-,45+,46+,47-/m0/s1. The molecule has 2 aromatic carbocycles. The van der Waals surface area contributed by atoms with E-state index in [9.17, 15) is 15.3 Å². The van der Waals surface area contributed by atoms with Crippen molar-refractivity contribution >= 4 is 22.3 Å². The Morgan fingerprint density at radius 1 is 0.981 bits per heavy atom. The van der Waals surface area contributed by atoms with Crippen molar-refractivity contribution in [3.8, 4) is 17.2 Å². The smallest absolute Gasteiger partial charge is 0.217 e. The number of hydrogen-bond donors (Lipinski definition) is 4. The maximum absolute atomic E-state index is 15.0. The van der Waals surface area contributed by atoms with E-state index >= 15 is 4.79 Å². The number of rotatable bonds is 4. The van der Waals surface area contributed by atoms with E-state index in [0.717, 1.165) is 30.2 Å². The Hall–Kier alpha value is -3.71. The first-order valence-corrected chi connectivity index (χ1v) is 20.6. The first kappa shape index (κ1) is 36.0.